The van der Waals surface area contributed by atoms with Crippen molar-refractivity contribution in [2.24, 2.45) is 11.8 Å². The lowest BCUT2D eigenvalue weighted by Crippen LogP contribution is -2.48. The van der Waals surface area contributed by atoms with E-state index in [1.54, 1.807) is 0 Å². The molecule has 2 bridgehead atoms. The number of rotatable bonds is 2. The molecule has 14 heavy (non-hydrogen) atoms. The molecule has 3 nitrogen and oxygen atoms in total. The third kappa shape index (κ3) is 2.17. The lowest BCUT2D eigenvalue weighted by atomic mass is 9.96. The van der Waals surface area contributed by atoms with Crippen molar-refractivity contribution < 1.29 is 0 Å². The second-order valence-corrected chi connectivity index (χ2v) is 5.17. The second kappa shape index (κ2) is 4.03. The predicted molar refractivity (Wildman–Crippen MR) is 61.8 cm³/mol. The van der Waals surface area contributed by atoms with Crippen molar-refractivity contribution in [1.82, 2.24) is 15.8 Å². The van der Waals surface area contributed by atoms with Crippen LogP contribution in [0.3, 0.4) is 0 Å². The van der Waals surface area contributed by atoms with Crippen LogP contribution in [0, 0.1) is 11.8 Å². The maximum Gasteiger partial charge on any atom is 0.181 e. The second-order valence-electron chi connectivity index (χ2n) is 4.76. The van der Waals surface area contributed by atoms with Crippen LogP contribution in [0.4, 0.5) is 0 Å². The summed E-state index contributed by atoms with van der Waals surface area (Å²) in [6, 6.07) is 0.633. The number of fused-ring (bicyclic) bond motifs is 2. The molecule has 0 unspecified atom stereocenters. The molecule has 2 fully saturated rings. The van der Waals surface area contributed by atoms with Crippen molar-refractivity contribution in [1.29, 1.82) is 0 Å². The van der Waals surface area contributed by atoms with Gasteiger partial charge in [-0.25, -0.2) is 5.01 Å². The van der Waals surface area contributed by atoms with E-state index in [0.29, 0.717) is 6.04 Å². The molecule has 0 amide bonds. The summed E-state index contributed by atoms with van der Waals surface area (Å²) in [4.78, 5) is 0. The summed E-state index contributed by atoms with van der Waals surface area (Å²) in [5.41, 5.74) is 3.08. The van der Waals surface area contributed by atoms with E-state index in [0.717, 1.165) is 16.9 Å². The van der Waals surface area contributed by atoms with Crippen LogP contribution >= 0.6 is 12.2 Å². The topological polar surface area (TPSA) is 27.3 Å². The Labute approximate surface area is 91.2 Å². The standard InChI is InChI=1S/C10H19N3S/c1-13(2)12-10(14)11-9-6-7-3-4-8(9)5-7/h7-9H,3-6H2,1-2H3,(H2,11,12,14)/t7-,8-,9-/m1/s1. The molecule has 0 aromatic rings. The highest BCUT2D eigenvalue weighted by Crippen LogP contribution is 2.44. The van der Waals surface area contributed by atoms with Crippen molar-refractivity contribution in [3.8, 4) is 0 Å². The van der Waals surface area contributed by atoms with Crippen LogP contribution in [0.25, 0.3) is 0 Å². The Hall–Kier alpha value is -0.350. The van der Waals surface area contributed by atoms with E-state index in [2.05, 4.69) is 10.7 Å². The molecule has 3 atom stereocenters. The zero-order chi connectivity index (χ0) is 10.1. The third-order valence-electron chi connectivity index (χ3n) is 3.38. The Bertz CT molecular complexity index is 229. The summed E-state index contributed by atoms with van der Waals surface area (Å²) >= 11 is 5.22. The van der Waals surface area contributed by atoms with Crippen LogP contribution in [0.2, 0.25) is 0 Å². The number of nitrogens with zero attached hydrogens (tertiary/aromatic N) is 1. The number of nitrogens with one attached hydrogen (secondary N) is 2. The molecule has 2 aliphatic carbocycles. The lowest BCUT2D eigenvalue weighted by Gasteiger charge is -2.25. The van der Waals surface area contributed by atoms with Crippen LogP contribution in [0.1, 0.15) is 25.7 Å². The molecule has 0 aromatic heterocycles. The first-order chi connectivity index (χ1) is 6.65. The number of thiocarbonyl (C=S) groups is 1. The summed E-state index contributed by atoms with van der Waals surface area (Å²) in [7, 11) is 3.91. The molecule has 2 rings (SSSR count). The van der Waals surface area contributed by atoms with E-state index in [9.17, 15) is 0 Å². The molecule has 80 valence electrons. The SMILES string of the molecule is CN(C)NC(=S)N[C@@H]1C[C@@H]2CC[C@@H]1C2. The van der Waals surface area contributed by atoms with Crippen LogP contribution in [0.15, 0.2) is 0 Å². The van der Waals surface area contributed by atoms with Gasteiger partial charge in [0.15, 0.2) is 5.11 Å². The summed E-state index contributed by atoms with van der Waals surface area (Å²) < 4.78 is 0. The third-order valence-corrected chi connectivity index (χ3v) is 3.59. The molecule has 0 spiro atoms. The Morgan fingerprint density at radius 1 is 1.29 bits per heavy atom. The Kier molecular flexibility index (Phi) is 2.93. The van der Waals surface area contributed by atoms with Gasteiger partial charge in [0.25, 0.3) is 0 Å². The van der Waals surface area contributed by atoms with Crippen molar-refractivity contribution >= 4 is 17.3 Å². The smallest absolute Gasteiger partial charge is 0.181 e. The first kappa shape index (κ1) is 10.2. The van der Waals surface area contributed by atoms with Gasteiger partial charge in [-0.1, -0.05) is 6.42 Å². The molecule has 0 heterocycles. The Balaban J connectivity index is 1.78. The van der Waals surface area contributed by atoms with Gasteiger partial charge in [0.1, 0.15) is 0 Å². The summed E-state index contributed by atoms with van der Waals surface area (Å²) in [5.74, 6) is 1.85. The minimum absolute atomic E-state index is 0.633. The van der Waals surface area contributed by atoms with Gasteiger partial charge in [0.2, 0.25) is 0 Å². The van der Waals surface area contributed by atoms with Crippen molar-refractivity contribution in [2.75, 3.05) is 14.1 Å². The van der Waals surface area contributed by atoms with Gasteiger partial charge < -0.3 is 5.32 Å². The van der Waals surface area contributed by atoms with Gasteiger partial charge in [-0.05, 0) is 43.3 Å². The normalized spacial score (nSPS) is 34.9. The highest BCUT2D eigenvalue weighted by molar-refractivity contribution is 7.80. The summed E-state index contributed by atoms with van der Waals surface area (Å²) in [5, 5.41) is 6.07. The Morgan fingerprint density at radius 2 is 2.07 bits per heavy atom. The van der Waals surface area contributed by atoms with E-state index in [1.165, 1.54) is 25.7 Å². The van der Waals surface area contributed by atoms with Gasteiger partial charge in [-0.15, -0.1) is 0 Å². The molecular formula is C10H19N3S. The molecule has 2 N–H and O–H groups in total. The maximum absolute atomic E-state index is 5.22. The van der Waals surface area contributed by atoms with Crippen molar-refractivity contribution in [3.05, 3.63) is 0 Å². The fourth-order valence-electron chi connectivity index (χ4n) is 2.83. The van der Waals surface area contributed by atoms with Crippen LogP contribution in [-0.4, -0.2) is 30.3 Å². The fourth-order valence-corrected chi connectivity index (χ4v) is 3.16. The quantitative estimate of drug-likeness (QED) is 0.531. The molecule has 2 saturated carbocycles. The van der Waals surface area contributed by atoms with Gasteiger partial charge in [0, 0.05) is 20.1 Å². The molecule has 2 aliphatic rings. The van der Waals surface area contributed by atoms with E-state index >= 15 is 0 Å². The zero-order valence-electron chi connectivity index (χ0n) is 8.92. The van der Waals surface area contributed by atoms with Gasteiger partial charge in [-0.3, -0.25) is 5.43 Å². The minimum atomic E-state index is 0.633. The molecule has 4 heteroatoms. The summed E-state index contributed by atoms with van der Waals surface area (Å²) in [6.45, 7) is 0. The number of hydrazine groups is 1. The van der Waals surface area contributed by atoms with Crippen LogP contribution < -0.4 is 10.7 Å². The number of hydrogen-bond donors (Lipinski definition) is 2. The molecule has 0 saturated heterocycles. The monoisotopic (exact) mass is 213 g/mol. The molecular weight excluding hydrogens is 194 g/mol. The average molecular weight is 213 g/mol. The first-order valence-corrected chi connectivity index (χ1v) is 5.80. The zero-order valence-corrected chi connectivity index (χ0v) is 9.73. The predicted octanol–water partition coefficient (Wildman–Crippen LogP) is 1.12. The van der Waals surface area contributed by atoms with Crippen molar-refractivity contribution in [3.63, 3.8) is 0 Å². The van der Waals surface area contributed by atoms with E-state index < -0.39 is 0 Å². The highest BCUT2D eigenvalue weighted by Gasteiger charge is 2.39. The maximum atomic E-state index is 5.22. The van der Waals surface area contributed by atoms with E-state index in [-0.39, 0.29) is 0 Å². The van der Waals surface area contributed by atoms with Gasteiger partial charge >= 0.3 is 0 Å². The fraction of sp³-hybridized carbons (Fsp3) is 0.900. The van der Waals surface area contributed by atoms with Crippen LogP contribution in [-0.2, 0) is 0 Å². The molecule has 0 radical (unpaired) electrons. The molecule has 0 aliphatic heterocycles. The van der Waals surface area contributed by atoms with Gasteiger partial charge in [-0.2, -0.15) is 0 Å². The average Bonchev–Trinajstić information content (AvgIpc) is 2.62. The van der Waals surface area contributed by atoms with Gasteiger partial charge in [0.05, 0.1) is 0 Å². The van der Waals surface area contributed by atoms with Crippen LogP contribution in [0.5, 0.6) is 0 Å². The first-order valence-electron chi connectivity index (χ1n) is 5.39. The van der Waals surface area contributed by atoms with E-state index in [4.69, 9.17) is 12.2 Å². The number of hydrogen-bond acceptors (Lipinski definition) is 2. The summed E-state index contributed by atoms with van der Waals surface area (Å²) in [6.07, 6.45) is 5.58. The molecule has 0 aromatic carbocycles. The van der Waals surface area contributed by atoms with E-state index in [1.807, 2.05) is 19.1 Å². The highest BCUT2D eigenvalue weighted by atomic mass is 32.1. The largest absolute Gasteiger partial charge is 0.359 e. The minimum Gasteiger partial charge on any atom is -0.359 e. The Morgan fingerprint density at radius 3 is 2.57 bits per heavy atom. The lowest BCUT2D eigenvalue weighted by molar-refractivity contribution is 0.342. The van der Waals surface area contributed by atoms with Crippen molar-refractivity contribution in [2.45, 2.75) is 31.7 Å².